The van der Waals surface area contributed by atoms with Gasteiger partial charge in [-0.2, -0.15) is 15.8 Å². The second-order valence-corrected chi connectivity index (χ2v) is 9.65. The van der Waals surface area contributed by atoms with Crippen LogP contribution in [-0.2, 0) is 12.8 Å². The molecule has 0 unspecified atom stereocenters. The van der Waals surface area contributed by atoms with Crippen LogP contribution in [-0.4, -0.2) is 0 Å². The van der Waals surface area contributed by atoms with E-state index in [-0.39, 0.29) is 5.57 Å². The van der Waals surface area contributed by atoms with Gasteiger partial charge < -0.3 is 0 Å². The minimum atomic E-state index is 0.115. The standard InChI is InChI=1S/C30H25N3S/c1-21(18-31)6-4-7-22-12-14-25(16-22)29-27-10-2-3-11-28(27)30(34-29)26-15-13-23(17-26)8-5-9-24(19-32)20-33/h4-9,12-15H,2-3,10-11,16-17H2,1H3/b7-4+,8-5+,21-6-. The van der Waals surface area contributed by atoms with Gasteiger partial charge in [0, 0.05) is 15.3 Å². The molecule has 4 heteroatoms. The number of nitrogens with zero attached hydrogens (tertiary/aromatic N) is 3. The Hall–Kier alpha value is -3.91. The molecule has 0 saturated heterocycles. The molecule has 0 saturated carbocycles. The van der Waals surface area contributed by atoms with Gasteiger partial charge in [0.15, 0.2) is 0 Å². The van der Waals surface area contributed by atoms with E-state index in [1.54, 1.807) is 12.2 Å². The Bertz CT molecular complexity index is 1360. The first-order chi connectivity index (χ1) is 16.6. The molecule has 4 rings (SSSR count). The van der Waals surface area contributed by atoms with Gasteiger partial charge in [0.2, 0.25) is 0 Å². The van der Waals surface area contributed by atoms with Crippen molar-refractivity contribution in [2.75, 3.05) is 0 Å². The zero-order valence-corrected chi connectivity index (χ0v) is 20.1. The molecule has 0 atom stereocenters. The lowest BCUT2D eigenvalue weighted by molar-refractivity contribution is 0.688. The van der Waals surface area contributed by atoms with Crippen LogP contribution in [0.1, 0.15) is 53.5 Å². The molecule has 0 radical (unpaired) electrons. The van der Waals surface area contributed by atoms with Crippen LogP contribution in [0.15, 0.2) is 83.1 Å². The largest absolute Gasteiger partial charge is 0.193 e. The highest BCUT2D eigenvalue weighted by Crippen LogP contribution is 2.46. The molecular weight excluding hydrogens is 434 g/mol. The van der Waals surface area contributed by atoms with Gasteiger partial charge in [0.05, 0.1) is 6.07 Å². The SMILES string of the molecule is C/C(C#N)=C/C=C/C1=CC=C(c2sc(C3=CC=C(/C=C/C=C(C#N)C#N)C3)c3c2CCCC3)C1. The Morgan fingerprint density at radius 2 is 1.29 bits per heavy atom. The van der Waals surface area contributed by atoms with Gasteiger partial charge in [0.1, 0.15) is 17.7 Å². The summed E-state index contributed by atoms with van der Waals surface area (Å²) in [4.78, 5) is 2.86. The average Bonchev–Trinajstić information content (AvgIpc) is 3.60. The zero-order valence-electron chi connectivity index (χ0n) is 19.3. The van der Waals surface area contributed by atoms with E-state index in [9.17, 15) is 0 Å². The number of rotatable bonds is 6. The molecule has 1 aromatic rings. The second kappa shape index (κ2) is 10.8. The van der Waals surface area contributed by atoms with E-state index in [4.69, 9.17) is 15.8 Å². The van der Waals surface area contributed by atoms with Crippen molar-refractivity contribution >= 4 is 22.5 Å². The van der Waals surface area contributed by atoms with Gasteiger partial charge in [-0.25, -0.2) is 0 Å². The number of thiophene rings is 1. The van der Waals surface area contributed by atoms with Crippen molar-refractivity contribution in [3.8, 4) is 18.2 Å². The maximum Gasteiger partial charge on any atom is 0.129 e. The molecule has 0 fully saturated rings. The summed E-state index contributed by atoms with van der Waals surface area (Å²) in [5, 5.41) is 26.7. The molecule has 3 nitrogen and oxygen atoms in total. The molecule has 1 aromatic heterocycles. The topological polar surface area (TPSA) is 71.4 Å². The summed E-state index contributed by atoms with van der Waals surface area (Å²) >= 11 is 1.94. The number of allylic oxidation sites excluding steroid dienone is 16. The zero-order chi connectivity index (χ0) is 23.9. The highest BCUT2D eigenvalue weighted by molar-refractivity contribution is 7.14. The highest BCUT2D eigenvalue weighted by Gasteiger charge is 2.26. The molecule has 0 aromatic carbocycles. The van der Waals surface area contributed by atoms with Crippen LogP contribution < -0.4 is 0 Å². The van der Waals surface area contributed by atoms with E-state index in [1.165, 1.54) is 56.0 Å². The molecule has 0 amide bonds. The third kappa shape index (κ3) is 5.18. The van der Waals surface area contributed by atoms with Crippen molar-refractivity contribution in [2.45, 2.75) is 45.4 Å². The molecule has 34 heavy (non-hydrogen) atoms. The molecule has 0 spiro atoms. The summed E-state index contributed by atoms with van der Waals surface area (Å²) in [6.45, 7) is 1.82. The summed E-state index contributed by atoms with van der Waals surface area (Å²) in [6, 6.07) is 5.92. The van der Waals surface area contributed by atoms with E-state index >= 15 is 0 Å². The van der Waals surface area contributed by atoms with Gasteiger partial charge in [-0.3, -0.25) is 0 Å². The number of hydrogen-bond donors (Lipinski definition) is 0. The second-order valence-electron chi connectivity index (χ2n) is 8.63. The third-order valence-corrected chi connectivity index (χ3v) is 7.66. The van der Waals surface area contributed by atoms with E-state index in [1.807, 2.05) is 48.6 Å². The Kier molecular flexibility index (Phi) is 7.39. The Morgan fingerprint density at radius 3 is 1.79 bits per heavy atom. The fraction of sp³-hybridized carbons (Fsp3) is 0.233. The predicted molar refractivity (Wildman–Crippen MR) is 139 cm³/mol. The van der Waals surface area contributed by atoms with Gasteiger partial charge in [-0.05, 0) is 91.0 Å². The van der Waals surface area contributed by atoms with Crippen LogP contribution in [0.5, 0.6) is 0 Å². The fourth-order valence-corrected chi connectivity index (χ4v) is 5.95. The number of hydrogen-bond acceptors (Lipinski definition) is 4. The van der Waals surface area contributed by atoms with Crippen LogP contribution in [0.4, 0.5) is 0 Å². The number of nitriles is 3. The smallest absolute Gasteiger partial charge is 0.129 e. The average molecular weight is 460 g/mol. The first-order valence-corrected chi connectivity index (χ1v) is 12.3. The molecule has 0 bridgehead atoms. The molecule has 3 aliphatic rings. The van der Waals surface area contributed by atoms with Gasteiger partial charge >= 0.3 is 0 Å². The van der Waals surface area contributed by atoms with Crippen molar-refractivity contribution in [1.82, 2.24) is 0 Å². The summed E-state index contributed by atoms with van der Waals surface area (Å²) < 4.78 is 0. The van der Waals surface area contributed by atoms with Crippen molar-refractivity contribution in [2.24, 2.45) is 0 Å². The molecule has 1 heterocycles. The van der Waals surface area contributed by atoms with E-state index in [2.05, 4.69) is 36.4 Å². The van der Waals surface area contributed by atoms with Crippen LogP contribution >= 0.6 is 11.3 Å². The van der Waals surface area contributed by atoms with Crippen LogP contribution in [0.2, 0.25) is 0 Å². The van der Waals surface area contributed by atoms with E-state index in [0.717, 1.165) is 25.7 Å². The summed E-state index contributed by atoms with van der Waals surface area (Å²) in [5.41, 5.74) is 9.11. The Labute approximate surface area is 205 Å². The molecule has 166 valence electrons. The van der Waals surface area contributed by atoms with E-state index in [0.29, 0.717) is 5.57 Å². The maximum absolute atomic E-state index is 8.91. The fourth-order valence-electron chi connectivity index (χ4n) is 4.50. The summed E-state index contributed by atoms with van der Waals surface area (Å²) in [5.74, 6) is 0. The monoisotopic (exact) mass is 459 g/mol. The summed E-state index contributed by atoms with van der Waals surface area (Å²) in [7, 11) is 0. The molecule has 3 aliphatic carbocycles. The first-order valence-electron chi connectivity index (χ1n) is 11.5. The summed E-state index contributed by atoms with van der Waals surface area (Å²) in [6.07, 6.45) is 26.7. The van der Waals surface area contributed by atoms with Gasteiger partial charge in [-0.1, -0.05) is 48.6 Å². The van der Waals surface area contributed by atoms with Crippen LogP contribution in [0.25, 0.3) is 11.1 Å². The third-order valence-electron chi connectivity index (χ3n) is 6.24. The normalized spacial score (nSPS) is 17.4. The van der Waals surface area contributed by atoms with Gasteiger partial charge in [-0.15, -0.1) is 11.3 Å². The minimum Gasteiger partial charge on any atom is -0.193 e. The van der Waals surface area contributed by atoms with Crippen molar-refractivity contribution in [3.63, 3.8) is 0 Å². The predicted octanol–water partition coefficient (Wildman–Crippen LogP) is 7.61. The van der Waals surface area contributed by atoms with E-state index < -0.39 is 0 Å². The lowest BCUT2D eigenvalue weighted by atomic mass is 9.88. The first kappa shape index (κ1) is 23.3. The molecular formula is C30H25N3S. The van der Waals surface area contributed by atoms with Crippen LogP contribution in [0, 0.1) is 34.0 Å². The Balaban J connectivity index is 1.50. The molecule has 0 aliphatic heterocycles. The number of fused-ring (bicyclic) bond motifs is 1. The minimum absolute atomic E-state index is 0.115. The highest BCUT2D eigenvalue weighted by atomic mass is 32.1. The maximum atomic E-state index is 8.91. The van der Waals surface area contributed by atoms with Crippen molar-refractivity contribution < 1.29 is 0 Å². The van der Waals surface area contributed by atoms with Crippen molar-refractivity contribution in [3.05, 3.63) is 104 Å². The van der Waals surface area contributed by atoms with Gasteiger partial charge in [0.25, 0.3) is 0 Å². The lowest BCUT2D eigenvalue weighted by Crippen LogP contribution is -2.03. The Morgan fingerprint density at radius 1 is 0.765 bits per heavy atom. The lowest BCUT2D eigenvalue weighted by Gasteiger charge is -2.15. The van der Waals surface area contributed by atoms with Crippen molar-refractivity contribution in [1.29, 1.82) is 15.8 Å². The quantitative estimate of drug-likeness (QED) is 0.325. The van der Waals surface area contributed by atoms with Crippen LogP contribution in [0.3, 0.4) is 0 Å². The molecule has 0 N–H and O–H groups in total.